The predicted octanol–water partition coefficient (Wildman–Crippen LogP) is 6.62. The van der Waals surface area contributed by atoms with Crippen molar-refractivity contribution in [2.24, 2.45) is 0 Å². The van der Waals surface area contributed by atoms with Crippen LogP contribution in [0.2, 0.25) is 10.0 Å². The molecule has 2 amide bonds. The second-order valence-corrected chi connectivity index (χ2v) is 13.2. The Morgan fingerprint density at radius 3 is 2.24 bits per heavy atom. The van der Waals surface area contributed by atoms with Gasteiger partial charge in [0.15, 0.2) is 0 Å². The van der Waals surface area contributed by atoms with Crippen molar-refractivity contribution in [1.82, 2.24) is 10.2 Å². The van der Waals surface area contributed by atoms with Gasteiger partial charge in [-0.15, -0.1) is 0 Å². The highest BCUT2D eigenvalue weighted by molar-refractivity contribution is 7.92. The Morgan fingerprint density at radius 2 is 1.60 bits per heavy atom. The normalized spacial score (nSPS) is 14.4. The average molecular weight is 631 g/mol. The van der Waals surface area contributed by atoms with E-state index in [4.69, 9.17) is 23.2 Å². The highest BCUT2D eigenvalue weighted by atomic mass is 35.5. The summed E-state index contributed by atoms with van der Waals surface area (Å²) in [5.74, 6) is -0.769. The Balaban J connectivity index is 1.75. The SMILES string of the molecule is CCc1ccccc1N(CC(=O)N(Cc1ccc(Cl)cc1Cl)[C@@H](CC)C(=O)NC1CCCC1)S(=O)(=O)c1ccccc1. The second-order valence-electron chi connectivity index (χ2n) is 10.5. The summed E-state index contributed by atoms with van der Waals surface area (Å²) in [5.41, 5.74) is 1.81. The van der Waals surface area contributed by atoms with E-state index in [0.717, 1.165) is 35.6 Å². The molecule has 3 aromatic rings. The molecule has 42 heavy (non-hydrogen) atoms. The first-order chi connectivity index (χ1) is 20.1. The van der Waals surface area contributed by atoms with Crippen LogP contribution in [0.25, 0.3) is 0 Å². The van der Waals surface area contributed by atoms with E-state index in [1.807, 2.05) is 26.0 Å². The van der Waals surface area contributed by atoms with Crippen LogP contribution in [-0.2, 0) is 32.6 Å². The fourth-order valence-electron chi connectivity index (χ4n) is 5.41. The monoisotopic (exact) mass is 629 g/mol. The van der Waals surface area contributed by atoms with Gasteiger partial charge in [-0.2, -0.15) is 0 Å². The summed E-state index contributed by atoms with van der Waals surface area (Å²) in [6, 6.07) is 19.4. The van der Waals surface area contributed by atoms with Crippen LogP contribution >= 0.6 is 23.2 Å². The van der Waals surface area contributed by atoms with Crippen LogP contribution in [0.1, 0.15) is 57.1 Å². The fourth-order valence-corrected chi connectivity index (χ4v) is 7.35. The second kappa shape index (κ2) is 14.4. The molecule has 0 unspecified atom stereocenters. The van der Waals surface area contributed by atoms with Crippen LogP contribution in [0.15, 0.2) is 77.7 Å². The number of hydrogen-bond acceptors (Lipinski definition) is 4. The van der Waals surface area contributed by atoms with Gasteiger partial charge < -0.3 is 10.2 Å². The zero-order valence-electron chi connectivity index (χ0n) is 23.9. The summed E-state index contributed by atoms with van der Waals surface area (Å²) in [7, 11) is -4.13. The Hall–Kier alpha value is -3.07. The number of aryl methyl sites for hydroxylation is 1. The van der Waals surface area contributed by atoms with Crippen LogP contribution in [-0.4, -0.2) is 43.8 Å². The molecule has 0 aromatic heterocycles. The number of nitrogens with one attached hydrogen (secondary N) is 1. The van der Waals surface area contributed by atoms with E-state index in [1.54, 1.807) is 48.5 Å². The van der Waals surface area contributed by atoms with Crippen molar-refractivity contribution in [3.05, 3.63) is 94.0 Å². The maximum absolute atomic E-state index is 14.3. The number of anilines is 1. The summed E-state index contributed by atoms with van der Waals surface area (Å²) in [6.07, 6.45) is 4.80. The number of carbonyl (C=O) groups excluding carboxylic acids is 2. The molecule has 0 spiro atoms. The molecule has 224 valence electrons. The van der Waals surface area contributed by atoms with Crippen LogP contribution in [0.5, 0.6) is 0 Å². The summed E-state index contributed by atoms with van der Waals surface area (Å²) in [6.45, 7) is 3.30. The van der Waals surface area contributed by atoms with Gasteiger partial charge in [-0.1, -0.05) is 92.4 Å². The molecule has 1 atom stereocenters. The van der Waals surface area contributed by atoms with Crippen molar-refractivity contribution >= 4 is 50.7 Å². The summed E-state index contributed by atoms with van der Waals surface area (Å²) in [5, 5.41) is 3.92. The lowest BCUT2D eigenvalue weighted by molar-refractivity contribution is -0.140. The van der Waals surface area contributed by atoms with Crippen LogP contribution in [0.3, 0.4) is 0 Å². The van der Waals surface area contributed by atoms with Gasteiger partial charge >= 0.3 is 0 Å². The number of nitrogens with zero attached hydrogens (tertiary/aromatic N) is 2. The van der Waals surface area contributed by atoms with Gasteiger partial charge in [-0.3, -0.25) is 13.9 Å². The molecule has 7 nitrogen and oxygen atoms in total. The van der Waals surface area contributed by atoms with Gasteiger partial charge in [0.05, 0.1) is 10.6 Å². The molecule has 4 rings (SSSR count). The number of benzene rings is 3. The lowest BCUT2D eigenvalue weighted by Gasteiger charge is -2.34. The molecular weight excluding hydrogens is 593 g/mol. The first kappa shape index (κ1) is 31.9. The number of carbonyl (C=O) groups is 2. The van der Waals surface area contributed by atoms with E-state index in [2.05, 4.69) is 5.32 Å². The van der Waals surface area contributed by atoms with Crippen molar-refractivity contribution in [3.63, 3.8) is 0 Å². The number of para-hydroxylation sites is 1. The third-order valence-corrected chi connectivity index (χ3v) is 10.1. The largest absolute Gasteiger partial charge is 0.352 e. The molecular formula is C32H37Cl2N3O4S. The van der Waals surface area contributed by atoms with Gasteiger partial charge in [0, 0.05) is 22.6 Å². The lowest BCUT2D eigenvalue weighted by atomic mass is 10.1. The maximum atomic E-state index is 14.3. The van der Waals surface area contributed by atoms with Crippen LogP contribution in [0, 0.1) is 0 Å². The number of amides is 2. The van der Waals surface area contributed by atoms with E-state index < -0.39 is 28.5 Å². The molecule has 1 saturated carbocycles. The summed E-state index contributed by atoms with van der Waals surface area (Å²) in [4.78, 5) is 29.4. The van der Waals surface area contributed by atoms with Gasteiger partial charge in [-0.05, 0) is 67.1 Å². The number of halogens is 2. The molecule has 0 bridgehead atoms. The van der Waals surface area contributed by atoms with Crippen LogP contribution in [0.4, 0.5) is 5.69 Å². The molecule has 1 N–H and O–H groups in total. The van der Waals surface area contributed by atoms with Gasteiger partial charge in [-0.25, -0.2) is 8.42 Å². The number of rotatable bonds is 12. The topological polar surface area (TPSA) is 86.8 Å². The minimum Gasteiger partial charge on any atom is -0.352 e. The van der Waals surface area contributed by atoms with Gasteiger partial charge in [0.25, 0.3) is 10.0 Å². The van der Waals surface area contributed by atoms with E-state index in [-0.39, 0.29) is 23.4 Å². The molecule has 0 aliphatic heterocycles. The molecule has 1 aliphatic rings. The molecule has 1 fully saturated rings. The first-order valence-corrected chi connectivity index (χ1v) is 16.5. The van der Waals surface area contributed by atoms with E-state index in [0.29, 0.717) is 34.1 Å². The van der Waals surface area contributed by atoms with E-state index >= 15 is 0 Å². The quantitative estimate of drug-likeness (QED) is 0.244. The zero-order chi connectivity index (χ0) is 30.3. The smallest absolute Gasteiger partial charge is 0.264 e. The van der Waals surface area contributed by atoms with Gasteiger partial charge in [0.1, 0.15) is 12.6 Å². The molecule has 0 saturated heterocycles. The fraction of sp³-hybridized carbons (Fsp3) is 0.375. The standard InChI is InChI=1S/C32H37Cl2N3O4S/c1-3-23-12-8-11-17-30(23)37(42(40,41)27-15-6-5-7-16-27)22-31(38)36(21-24-18-19-25(33)20-28(24)34)29(4-2)32(39)35-26-13-9-10-14-26/h5-8,11-12,15-20,26,29H,3-4,9-10,13-14,21-22H2,1-2H3,(H,35,39)/t29-/m0/s1. The van der Waals surface area contributed by atoms with Crippen LogP contribution < -0.4 is 9.62 Å². The number of hydrogen-bond donors (Lipinski definition) is 1. The predicted molar refractivity (Wildman–Crippen MR) is 168 cm³/mol. The third-order valence-electron chi connectivity index (χ3n) is 7.69. The third kappa shape index (κ3) is 7.46. The molecule has 0 radical (unpaired) electrons. The maximum Gasteiger partial charge on any atom is 0.264 e. The van der Waals surface area contributed by atoms with Crippen molar-refractivity contribution in [3.8, 4) is 0 Å². The molecule has 1 aliphatic carbocycles. The van der Waals surface area contributed by atoms with E-state index in [9.17, 15) is 18.0 Å². The van der Waals surface area contributed by atoms with E-state index in [1.165, 1.54) is 17.0 Å². The first-order valence-electron chi connectivity index (χ1n) is 14.3. The summed E-state index contributed by atoms with van der Waals surface area (Å²) < 4.78 is 29.3. The number of sulfonamides is 1. The average Bonchev–Trinajstić information content (AvgIpc) is 3.50. The Bertz CT molecular complexity index is 1490. The Kier molecular flexibility index (Phi) is 10.9. The summed E-state index contributed by atoms with van der Waals surface area (Å²) >= 11 is 12.6. The van der Waals surface area contributed by atoms with Crippen molar-refractivity contribution < 1.29 is 18.0 Å². The van der Waals surface area contributed by atoms with Crippen molar-refractivity contribution in [1.29, 1.82) is 0 Å². The lowest BCUT2D eigenvalue weighted by Crippen LogP contribution is -2.53. The van der Waals surface area contributed by atoms with Crippen molar-refractivity contribution in [2.45, 2.75) is 75.9 Å². The van der Waals surface area contributed by atoms with Crippen molar-refractivity contribution in [2.75, 3.05) is 10.8 Å². The molecule has 10 heteroatoms. The highest BCUT2D eigenvalue weighted by Crippen LogP contribution is 2.29. The Labute approximate surface area is 258 Å². The minimum absolute atomic E-state index is 0.0140. The van der Waals surface area contributed by atoms with Gasteiger partial charge in [0.2, 0.25) is 11.8 Å². The molecule has 3 aromatic carbocycles. The highest BCUT2D eigenvalue weighted by Gasteiger charge is 2.35. The minimum atomic E-state index is -4.13. The zero-order valence-corrected chi connectivity index (χ0v) is 26.3. The Morgan fingerprint density at radius 1 is 0.929 bits per heavy atom. The molecule has 0 heterocycles.